The Morgan fingerprint density at radius 2 is 2.20 bits per heavy atom. The SMILES string of the molecule is CONCc1ccc2c(c1Br)OCCO2. The van der Waals surface area contributed by atoms with Gasteiger partial charge in [0.15, 0.2) is 11.5 Å². The molecule has 0 amide bonds. The second-order valence-electron chi connectivity index (χ2n) is 3.09. The van der Waals surface area contributed by atoms with Crippen LogP contribution in [-0.4, -0.2) is 20.3 Å². The zero-order valence-corrected chi connectivity index (χ0v) is 9.96. The number of hydrogen-bond acceptors (Lipinski definition) is 4. The Bertz CT molecular complexity index is 357. The molecule has 1 aliphatic rings. The molecule has 1 aromatic carbocycles. The maximum absolute atomic E-state index is 5.53. The highest BCUT2D eigenvalue weighted by molar-refractivity contribution is 9.10. The van der Waals surface area contributed by atoms with Crippen LogP contribution in [0, 0.1) is 0 Å². The number of ether oxygens (including phenoxy) is 2. The van der Waals surface area contributed by atoms with Gasteiger partial charge in [-0.15, -0.1) is 0 Å². The zero-order valence-electron chi connectivity index (χ0n) is 8.38. The molecule has 4 nitrogen and oxygen atoms in total. The van der Waals surface area contributed by atoms with E-state index in [2.05, 4.69) is 21.4 Å². The highest BCUT2D eigenvalue weighted by Crippen LogP contribution is 2.39. The standard InChI is InChI=1S/C10H12BrNO3/c1-13-12-6-7-2-3-8-10(9(7)11)15-5-4-14-8/h2-3,12H,4-6H2,1H3. The van der Waals surface area contributed by atoms with Crippen LogP contribution >= 0.6 is 15.9 Å². The van der Waals surface area contributed by atoms with Gasteiger partial charge in [-0.05, 0) is 27.6 Å². The highest BCUT2D eigenvalue weighted by atomic mass is 79.9. The molecule has 0 saturated heterocycles. The first-order valence-electron chi connectivity index (χ1n) is 4.65. The van der Waals surface area contributed by atoms with E-state index in [9.17, 15) is 0 Å². The smallest absolute Gasteiger partial charge is 0.175 e. The fourth-order valence-electron chi connectivity index (χ4n) is 1.41. The Morgan fingerprint density at radius 1 is 1.40 bits per heavy atom. The van der Waals surface area contributed by atoms with Crippen LogP contribution in [0.15, 0.2) is 16.6 Å². The van der Waals surface area contributed by atoms with E-state index in [0.717, 1.165) is 21.5 Å². The minimum Gasteiger partial charge on any atom is -0.486 e. The lowest BCUT2D eigenvalue weighted by atomic mass is 10.2. The molecular weight excluding hydrogens is 262 g/mol. The molecule has 5 heteroatoms. The molecule has 0 atom stereocenters. The highest BCUT2D eigenvalue weighted by Gasteiger charge is 2.17. The van der Waals surface area contributed by atoms with Gasteiger partial charge < -0.3 is 14.3 Å². The number of hydrogen-bond donors (Lipinski definition) is 1. The van der Waals surface area contributed by atoms with Crippen LogP contribution in [0.4, 0.5) is 0 Å². The van der Waals surface area contributed by atoms with E-state index < -0.39 is 0 Å². The Morgan fingerprint density at radius 3 is 3.00 bits per heavy atom. The van der Waals surface area contributed by atoms with E-state index in [0.29, 0.717) is 19.8 Å². The molecule has 1 heterocycles. The number of nitrogens with one attached hydrogen (secondary N) is 1. The summed E-state index contributed by atoms with van der Waals surface area (Å²) in [5.74, 6) is 1.56. The van der Waals surface area contributed by atoms with E-state index >= 15 is 0 Å². The molecule has 0 fully saturated rings. The summed E-state index contributed by atoms with van der Waals surface area (Å²) < 4.78 is 11.9. The molecule has 0 unspecified atom stereocenters. The third-order valence-corrected chi connectivity index (χ3v) is 3.00. The van der Waals surface area contributed by atoms with Crippen molar-refractivity contribution in [3.8, 4) is 11.5 Å². The Balaban J connectivity index is 2.26. The first kappa shape index (κ1) is 10.7. The fourth-order valence-corrected chi connectivity index (χ4v) is 1.99. The lowest BCUT2D eigenvalue weighted by Gasteiger charge is -2.20. The Hall–Kier alpha value is -0.780. The van der Waals surface area contributed by atoms with Crippen LogP contribution in [0.3, 0.4) is 0 Å². The van der Waals surface area contributed by atoms with E-state index in [4.69, 9.17) is 14.3 Å². The van der Waals surface area contributed by atoms with Crippen molar-refractivity contribution in [2.75, 3.05) is 20.3 Å². The number of fused-ring (bicyclic) bond motifs is 1. The summed E-state index contributed by atoms with van der Waals surface area (Å²) in [5, 5.41) is 0. The minimum atomic E-state index is 0.590. The van der Waals surface area contributed by atoms with Gasteiger partial charge in [-0.2, -0.15) is 5.48 Å². The topological polar surface area (TPSA) is 39.7 Å². The van der Waals surface area contributed by atoms with Crippen molar-refractivity contribution in [2.24, 2.45) is 0 Å². The third kappa shape index (κ3) is 2.25. The number of rotatable bonds is 3. The van der Waals surface area contributed by atoms with Crippen molar-refractivity contribution in [3.63, 3.8) is 0 Å². The molecule has 1 aromatic rings. The van der Waals surface area contributed by atoms with Crippen LogP contribution in [0.1, 0.15) is 5.56 Å². The van der Waals surface area contributed by atoms with Crippen molar-refractivity contribution < 1.29 is 14.3 Å². The molecule has 2 rings (SSSR count). The van der Waals surface area contributed by atoms with Crippen LogP contribution < -0.4 is 15.0 Å². The summed E-state index contributed by atoms with van der Waals surface area (Å²) in [6.45, 7) is 1.82. The van der Waals surface area contributed by atoms with Crippen LogP contribution in [0.2, 0.25) is 0 Å². The summed E-state index contributed by atoms with van der Waals surface area (Å²) in [6.07, 6.45) is 0. The number of hydroxylamine groups is 1. The number of benzene rings is 1. The van der Waals surface area contributed by atoms with Crippen molar-refractivity contribution in [1.82, 2.24) is 5.48 Å². The summed E-state index contributed by atoms with van der Waals surface area (Å²) >= 11 is 3.50. The van der Waals surface area contributed by atoms with Crippen molar-refractivity contribution >= 4 is 15.9 Å². The predicted molar refractivity (Wildman–Crippen MR) is 59.0 cm³/mol. The summed E-state index contributed by atoms with van der Waals surface area (Å²) in [6, 6.07) is 3.88. The second kappa shape index (κ2) is 4.83. The quantitative estimate of drug-likeness (QED) is 0.854. The molecule has 0 radical (unpaired) electrons. The van der Waals surface area contributed by atoms with Gasteiger partial charge in [0.05, 0.1) is 11.6 Å². The van der Waals surface area contributed by atoms with Gasteiger partial charge in [-0.3, -0.25) is 0 Å². The van der Waals surface area contributed by atoms with Crippen LogP contribution in [0.25, 0.3) is 0 Å². The lowest BCUT2D eigenvalue weighted by molar-refractivity contribution is 0.0863. The van der Waals surface area contributed by atoms with Crippen molar-refractivity contribution in [3.05, 3.63) is 22.2 Å². The van der Waals surface area contributed by atoms with E-state index in [-0.39, 0.29) is 0 Å². The minimum absolute atomic E-state index is 0.590. The molecule has 0 spiro atoms. The van der Waals surface area contributed by atoms with E-state index in [1.807, 2.05) is 12.1 Å². The van der Waals surface area contributed by atoms with E-state index in [1.54, 1.807) is 7.11 Å². The molecule has 0 saturated carbocycles. The van der Waals surface area contributed by atoms with E-state index in [1.165, 1.54) is 0 Å². The molecule has 0 aromatic heterocycles. The Kier molecular flexibility index (Phi) is 3.45. The first-order chi connectivity index (χ1) is 7.33. The zero-order chi connectivity index (χ0) is 10.7. The molecule has 15 heavy (non-hydrogen) atoms. The monoisotopic (exact) mass is 273 g/mol. The summed E-state index contributed by atoms with van der Waals surface area (Å²) in [5.41, 5.74) is 3.86. The Labute approximate surface area is 96.6 Å². The third-order valence-electron chi connectivity index (χ3n) is 2.14. The maximum Gasteiger partial charge on any atom is 0.175 e. The van der Waals surface area contributed by atoms with Crippen molar-refractivity contribution in [1.29, 1.82) is 0 Å². The molecular formula is C10H12BrNO3. The average Bonchev–Trinajstić information content (AvgIpc) is 2.29. The van der Waals surface area contributed by atoms with Gasteiger partial charge in [0.25, 0.3) is 0 Å². The average molecular weight is 274 g/mol. The normalized spacial score (nSPS) is 14.0. The van der Waals surface area contributed by atoms with Crippen LogP contribution in [0.5, 0.6) is 11.5 Å². The maximum atomic E-state index is 5.53. The largest absolute Gasteiger partial charge is 0.486 e. The fraction of sp³-hybridized carbons (Fsp3) is 0.400. The van der Waals surface area contributed by atoms with Crippen molar-refractivity contribution in [2.45, 2.75) is 6.54 Å². The van der Waals surface area contributed by atoms with Gasteiger partial charge in [0, 0.05) is 6.54 Å². The first-order valence-corrected chi connectivity index (χ1v) is 5.45. The molecule has 1 N–H and O–H groups in total. The van der Waals surface area contributed by atoms with Crippen LogP contribution in [-0.2, 0) is 11.4 Å². The predicted octanol–water partition coefficient (Wildman–Crippen LogP) is 1.87. The van der Waals surface area contributed by atoms with Gasteiger partial charge >= 0.3 is 0 Å². The van der Waals surface area contributed by atoms with Gasteiger partial charge in [-0.25, -0.2) is 0 Å². The second-order valence-corrected chi connectivity index (χ2v) is 3.88. The molecule has 1 aliphatic heterocycles. The molecule has 0 bridgehead atoms. The summed E-state index contributed by atoms with van der Waals surface area (Å²) in [4.78, 5) is 4.80. The lowest BCUT2D eigenvalue weighted by Crippen LogP contribution is -2.17. The molecule has 0 aliphatic carbocycles. The van der Waals surface area contributed by atoms with Gasteiger partial charge in [0.1, 0.15) is 13.2 Å². The number of halogens is 1. The molecule has 82 valence electrons. The van der Waals surface area contributed by atoms with Gasteiger partial charge in [0.2, 0.25) is 0 Å². The van der Waals surface area contributed by atoms with Gasteiger partial charge in [-0.1, -0.05) is 6.07 Å². The summed E-state index contributed by atoms with van der Waals surface area (Å²) in [7, 11) is 1.59.